The molecule has 0 atom stereocenters. The van der Waals surface area contributed by atoms with Crippen LogP contribution >= 0.6 is 0 Å². The fourth-order valence-corrected chi connectivity index (χ4v) is 2.51. The molecular formula is C17H20N4. The number of aryl methyl sites for hydroxylation is 1. The predicted molar refractivity (Wildman–Crippen MR) is 84.8 cm³/mol. The number of benzene rings is 1. The molecule has 0 amide bonds. The number of para-hydroxylation sites is 1. The van der Waals surface area contributed by atoms with Crippen LogP contribution in [-0.2, 0) is 19.6 Å². The molecule has 4 nitrogen and oxygen atoms in total. The van der Waals surface area contributed by atoms with Gasteiger partial charge in [-0.1, -0.05) is 18.2 Å². The molecule has 0 aliphatic carbocycles. The predicted octanol–water partition coefficient (Wildman–Crippen LogP) is 3.08. The summed E-state index contributed by atoms with van der Waals surface area (Å²) in [5, 5.41) is 5.71. The van der Waals surface area contributed by atoms with E-state index in [0.29, 0.717) is 0 Å². The Labute approximate surface area is 125 Å². The van der Waals surface area contributed by atoms with Crippen molar-refractivity contribution < 1.29 is 0 Å². The minimum atomic E-state index is 0.847. The summed E-state index contributed by atoms with van der Waals surface area (Å²) >= 11 is 0. The zero-order valence-corrected chi connectivity index (χ0v) is 12.5. The maximum Gasteiger partial charge on any atom is 0.0764 e. The number of hydrogen-bond donors (Lipinski definition) is 0. The van der Waals surface area contributed by atoms with Crippen LogP contribution in [0.3, 0.4) is 0 Å². The van der Waals surface area contributed by atoms with Crippen molar-refractivity contribution in [2.45, 2.75) is 26.6 Å². The van der Waals surface area contributed by atoms with Crippen LogP contribution in [0, 0.1) is 0 Å². The Hall–Kier alpha value is -2.20. The summed E-state index contributed by atoms with van der Waals surface area (Å²) in [6.45, 7) is 4.73. The highest BCUT2D eigenvalue weighted by molar-refractivity contribution is 5.78. The number of fused-ring (bicyclic) bond motifs is 1. The Kier molecular flexibility index (Phi) is 3.97. The number of pyridine rings is 1. The van der Waals surface area contributed by atoms with E-state index >= 15 is 0 Å². The van der Waals surface area contributed by atoms with Crippen LogP contribution in [0.1, 0.15) is 18.2 Å². The van der Waals surface area contributed by atoms with Gasteiger partial charge in [0.15, 0.2) is 0 Å². The third kappa shape index (κ3) is 3.28. The molecule has 1 aromatic carbocycles. The van der Waals surface area contributed by atoms with E-state index in [1.54, 1.807) is 0 Å². The minimum Gasteiger partial charge on any atom is -0.296 e. The van der Waals surface area contributed by atoms with E-state index in [-0.39, 0.29) is 0 Å². The Morgan fingerprint density at radius 1 is 1.14 bits per heavy atom. The second-order valence-corrected chi connectivity index (χ2v) is 5.37. The van der Waals surface area contributed by atoms with Crippen LogP contribution in [0.5, 0.6) is 0 Å². The molecule has 0 aliphatic rings. The molecule has 108 valence electrons. The topological polar surface area (TPSA) is 34.0 Å². The van der Waals surface area contributed by atoms with E-state index in [4.69, 9.17) is 0 Å². The molecule has 0 spiro atoms. The summed E-state index contributed by atoms with van der Waals surface area (Å²) in [6, 6.07) is 12.5. The van der Waals surface area contributed by atoms with Gasteiger partial charge in [0, 0.05) is 37.4 Å². The fourth-order valence-electron chi connectivity index (χ4n) is 2.51. The van der Waals surface area contributed by atoms with Gasteiger partial charge in [-0.25, -0.2) is 0 Å². The summed E-state index contributed by atoms with van der Waals surface area (Å²) < 4.78 is 1.96. The smallest absolute Gasteiger partial charge is 0.0764 e. The van der Waals surface area contributed by atoms with Crippen LogP contribution < -0.4 is 0 Å². The number of nitrogens with zero attached hydrogens (tertiary/aromatic N) is 4. The van der Waals surface area contributed by atoms with Gasteiger partial charge < -0.3 is 0 Å². The molecule has 2 aromatic heterocycles. The molecule has 0 radical (unpaired) electrons. The molecule has 3 rings (SSSR count). The molecule has 0 fully saturated rings. The monoisotopic (exact) mass is 280 g/mol. The molecule has 0 N–H and O–H groups in total. The first-order valence-corrected chi connectivity index (χ1v) is 7.29. The highest BCUT2D eigenvalue weighted by Crippen LogP contribution is 2.14. The summed E-state index contributed by atoms with van der Waals surface area (Å²) in [7, 11) is 2.11. The lowest BCUT2D eigenvalue weighted by Crippen LogP contribution is -2.17. The molecule has 4 heteroatoms. The van der Waals surface area contributed by atoms with Crippen molar-refractivity contribution >= 4 is 10.9 Å². The SMILES string of the molecule is CCn1ccc(CN(C)Cc2cnc3ccccc3c2)n1. The molecule has 0 bridgehead atoms. The van der Waals surface area contributed by atoms with Crippen molar-refractivity contribution in [2.75, 3.05) is 7.05 Å². The van der Waals surface area contributed by atoms with Crippen molar-refractivity contribution in [1.82, 2.24) is 19.7 Å². The molecule has 21 heavy (non-hydrogen) atoms. The largest absolute Gasteiger partial charge is 0.296 e. The third-order valence-corrected chi connectivity index (χ3v) is 3.55. The minimum absolute atomic E-state index is 0.847. The molecule has 2 heterocycles. The first-order valence-electron chi connectivity index (χ1n) is 7.29. The van der Waals surface area contributed by atoms with E-state index < -0.39 is 0 Å². The van der Waals surface area contributed by atoms with Crippen LogP contribution in [0.25, 0.3) is 10.9 Å². The molecule has 0 saturated carbocycles. The zero-order chi connectivity index (χ0) is 14.7. The van der Waals surface area contributed by atoms with Crippen molar-refractivity contribution in [2.24, 2.45) is 0 Å². The second-order valence-electron chi connectivity index (χ2n) is 5.37. The summed E-state index contributed by atoms with van der Waals surface area (Å²) in [4.78, 5) is 6.77. The quantitative estimate of drug-likeness (QED) is 0.720. The Morgan fingerprint density at radius 3 is 2.81 bits per heavy atom. The van der Waals surface area contributed by atoms with Gasteiger partial charge in [-0.3, -0.25) is 14.6 Å². The second kappa shape index (κ2) is 6.06. The normalized spacial score (nSPS) is 11.4. The lowest BCUT2D eigenvalue weighted by atomic mass is 10.1. The molecule has 0 saturated heterocycles. The van der Waals surface area contributed by atoms with Gasteiger partial charge >= 0.3 is 0 Å². The number of aromatic nitrogens is 3. The lowest BCUT2D eigenvalue weighted by molar-refractivity contribution is 0.313. The van der Waals surface area contributed by atoms with Crippen molar-refractivity contribution in [3.05, 3.63) is 60.0 Å². The van der Waals surface area contributed by atoms with Crippen molar-refractivity contribution in [3.63, 3.8) is 0 Å². The standard InChI is InChI=1S/C17H20N4/c1-3-21-9-8-16(19-21)13-20(2)12-14-10-15-6-4-5-7-17(15)18-11-14/h4-11H,3,12-13H2,1-2H3. The Bertz CT molecular complexity index is 732. The number of hydrogen-bond acceptors (Lipinski definition) is 3. The van der Waals surface area contributed by atoms with E-state index in [1.807, 2.05) is 29.2 Å². The third-order valence-electron chi connectivity index (χ3n) is 3.55. The Morgan fingerprint density at radius 2 is 2.00 bits per heavy atom. The first-order chi connectivity index (χ1) is 10.2. The number of rotatable bonds is 5. The van der Waals surface area contributed by atoms with E-state index in [1.165, 1.54) is 10.9 Å². The van der Waals surface area contributed by atoms with Crippen molar-refractivity contribution in [3.8, 4) is 0 Å². The molecule has 3 aromatic rings. The first kappa shape index (κ1) is 13.8. The zero-order valence-electron chi connectivity index (χ0n) is 12.5. The average Bonchev–Trinajstić information content (AvgIpc) is 2.94. The summed E-state index contributed by atoms with van der Waals surface area (Å²) in [5.74, 6) is 0. The summed E-state index contributed by atoms with van der Waals surface area (Å²) in [6.07, 6.45) is 3.99. The van der Waals surface area contributed by atoms with Gasteiger partial charge in [-0.05, 0) is 37.7 Å². The molecular weight excluding hydrogens is 260 g/mol. The van der Waals surface area contributed by atoms with Crippen LogP contribution in [0.4, 0.5) is 0 Å². The Balaban J connectivity index is 1.69. The van der Waals surface area contributed by atoms with E-state index in [2.05, 4.69) is 53.2 Å². The van der Waals surface area contributed by atoms with Crippen LogP contribution in [0.2, 0.25) is 0 Å². The van der Waals surface area contributed by atoms with E-state index in [9.17, 15) is 0 Å². The maximum atomic E-state index is 4.52. The summed E-state index contributed by atoms with van der Waals surface area (Å²) in [5.41, 5.74) is 3.38. The molecule has 0 unspecified atom stereocenters. The van der Waals surface area contributed by atoms with Gasteiger partial charge in [-0.15, -0.1) is 0 Å². The van der Waals surface area contributed by atoms with E-state index in [0.717, 1.165) is 30.8 Å². The van der Waals surface area contributed by atoms with Gasteiger partial charge in [0.25, 0.3) is 0 Å². The lowest BCUT2D eigenvalue weighted by Gasteiger charge is -2.15. The van der Waals surface area contributed by atoms with Gasteiger partial charge in [0.05, 0.1) is 11.2 Å². The maximum absolute atomic E-state index is 4.52. The fraction of sp³-hybridized carbons (Fsp3) is 0.294. The van der Waals surface area contributed by atoms with Crippen LogP contribution in [0.15, 0.2) is 48.8 Å². The molecule has 0 aliphatic heterocycles. The average molecular weight is 280 g/mol. The highest BCUT2D eigenvalue weighted by atomic mass is 15.3. The highest BCUT2D eigenvalue weighted by Gasteiger charge is 2.05. The van der Waals surface area contributed by atoms with Gasteiger partial charge in [-0.2, -0.15) is 5.10 Å². The van der Waals surface area contributed by atoms with Crippen LogP contribution in [-0.4, -0.2) is 26.7 Å². The van der Waals surface area contributed by atoms with Crippen molar-refractivity contribution in [1.29, 1.82) is 0 Å². The van der Waals surface area contributed by atoms with Gasteiger partial charge in [0.1, 0.15) is 0 Å². The van der Waals surface area contributed by atoms with Gasteiger partial charge in [0.2, 0.25) is 0 Å².